The van der Waals surface area contributed by atoms with Crippen LogP contribution in [-0.4, -0.2) is 26.7 Å². The first-order valence-corrected chi connectivity index (χ1v) is 10.1. The number of hydrogen-bond acceptors (Lipinski definition) is 3. The third kappa shape index (κ3) is 4.09. The van der Waals surface area contributed by atoms with Crippen LogP contribution in [0.4, 0.5) is 0 Å². The molecular formula is C22H23ClN4O. The van der Waals surface area contributed by atoms with Crippen LogP contribution in [0.1, 0.15) is 48.3 Å². The van der Waals surface area contributed by atoms with Gasteiger partial charge in [-0.25, -0.2) is 9.67 Å². The first kappa shape index (κ1) is 18.7. The van der Waals surface area contributed by atoms with E-state index in [1.165, 1.54) is 6.42 Å². The predicted molar refractivity (Wildman–Crippen MR) is 111 cm³/mol. The second kappa shape index (κ2) is 8.15. The van der Waals surface area contributed by atoms with E-state index in [4.69, 9.17) is 11.6 Å². The number of carbonyl (C=O) groups excluding carboxylic acids is 1. The maximum absolute atomic E-state index is 12.8. The Hall–Kier alpha value is -2.66. The van der Waals surface area contributed by atoms with E-state index in [-0.39, 0.29) is 17.8 Å². The van der Waals surface area contributed by atoms with Crippen molar-refractivity contribution in [3.05, 3.63) is 64.9 Å². The molecule has 5 nitrogen and oxygen atoms in total. The first-order chi connectivity index (χ1) is 13.6. The topological polar surface area (TPSA) is 59.8 Å². The number of amides is 1. The molecule has 3 aromatic rings. The van der Waals surface area contributed by atoms with E-state index in [1.807, 2.05) is 55.5 Å². The van der Waals surface area contributed by atoms with Crippen molar-refractivity contribution in [2.45, 2.75) is 45.1 Å². The molecule has 28 heavy (non-hydrogen) atoms. The van der Waals surface area contributed by atoms with E-state index in [9.17, 15) is 4.79 Å². The summed E-state index contributed by atoms with van der Waals surface area (Å²) in [5.41, 5.74) is 2.84. The first-order valence-electron chi connectivity index (χ1n) is 9.71. The lowest BCUT2D eigenvalue weighted by molar-refractivity contribution is 0.0917. The number of rotatable bonds is 4. The average molecular weight is 395 g/mol. The molecule has 6 heteroatoms. The van der Waals surface area contributed by atoms with Crippen molar-refractivity contribution in [3.8, 4) is 17.1 Å². The van der Waals surface area contributed by atoms with E-state index < -0.39 is 0 Å². The quantitative estimate of drug-likeness (QED) is 0.680. The molecule has 1 fully saturated rings. The summed E-state index contributed by atoms with van der Waals surface area (Å²) in [5, 5.41) is 8.30. The molecule has 0 aliphatic heterocycles. The molecule has 1 aromatic heterocycles. The van der Waals surface area contributed by atoms with Crippen LogP contribution in [0.3, 0.4) is 0 Å². The molecule has 0 spiro atoms. The van der Waals surface area contributed by atoms with Crippen molar-refractivity contribution in [1.82, 2.24) is 20.1 Å². The van der Waals surface area contributed by atoms with Gasteiger partial charge in [-0.05, 0) is 61.7 Å². The highest BCUT2D eigenvalue weighted by molar-refractivity contribution is 6.30. The van der Waals surface area contributed by atoms with Gasteiger partial charge < -0.3 is 5.32 Å². The maximum atomic E-state index is 12.8. The average Bonchev–Trinajstić information content (AvgIpc) is 3.15. The highest BCUT2D eigenvalue weighted by atomic mass is 35.5. The second-order valence-electron chi connectivity index (χ2n) is 7.33. The molecule has 0 bridgehead atoms. The lowest BCUT2D eigenvalue weighted by Gasteiger charge is -2.21. The maximum Gasteiger partial charge on any atom is 0.291 e. The van der Waals surface area contributed by atoms with Crippen LogP contribution in [0.5, 0.6) is 0 Å². The SMILES string of the molecule is Cc1cccc(-n2nc(C(=O)NC3CCCCC3)nc2-c2ccc(Cl)cc2)c1. The van der Waals surface area contributed by atoms with Crippen LogP contribution in [0.25, 0.3) is 17.1 Å². The Labute approximate surface area is 169 Å². The number of carbonyl (C=O) groups is 1. The number of nitrogens with zero attached hydrogens (tertiary/aromatic N) is 3. The van der Waals surface area contributed by atoms with Crippen molar-refractivity contribution in [2.24, 2.45) is 0 Å². The van der Waals surface area contributed by atoms with Crippen LogP contribution < -0.4 is 5.32 Å². The summed E-state index contributed by atoms with van der Waals surface area (Å²) < 4.78 is 1.73. The summed E-state index contributed by atoms with van der Waals surface area (Å²) in [6.07, 6.45) is 5.61. The zero-order chi connectivity index (χ0) is 19.5. The third-order valence-electron chi connectivity index (χ3n) is 5.10. The number of aryl methyl sites for hydroxylation is 1. The van der Waals surface area contributed by atoms with Crippen LogP contribution in [0.2, 0.25) is 5.02 Å². The van der Waals surface area contributed by atoms with Crippen molar-refractivity contribution < 1.29 is 4.79 Å². The molecule has 0 radical (unpaired) electrons. The van der Waals surface area contributed by atoms with Gasteiger partial charge >= 0.3 is 0 Å². The van der Waals surface area contributed by atoms with Gasteiger partial charge in [-0.3, -0.25) is 4.79 Å². The molecule has 1 aliphatic rings. The largest absolute Gasteiger partial charge is 0.347 e. The van der Waals surface area contributed by atoms with E-state index in [0.717, 1.165) is 42.5 Å². The predicted octanol–water partition coefficient (Wildman–Crippen LogP) is 4.96. The molecule has 1 N–H and O–H groups in total. The molecule has 0 unspecified atom stereocenters. The van der Waals surface area contributed by atoms with Crippen LogP contribution in [-0.2, 0) is 0 Å². The van der Waals surface area contributed by atoms with E-state index in [2.05, 4.69) is 15.4 Å². The van der Waals surface area contributed by atoms with Crippen molar-refractivity contribution >= 4 is 17.5 Å². The summed E-state index contributed by atoms with van der Waals surface area (Å²) in [7, 11) is 0. The van der Waals surface area contributed by atoms with Gasteiger partial charge in [-0.1, -0.05) is 43.0 Å². The van der Waals surface area contributed by atoms with Crippen LogP contribution >= 0.6 is 11.6 Å². The Morgan fingerprint density at radius 3 is 2.57 bits per heavy atom. The smallest absolute Gasteiger partial charge is 0.291 e. The monoisotopic (exact) mass is 394 g/mol. The Kier molecular flexibility index (Phi) is 5.44. The highest BCUT2D eigenvalue weighted by Crippen LogP contribution is 2.24. The standard InChI is InChI=1S/C22H23ClN4O/c1-15-6-5-9-19(14-15)27-21(16-10-12-17(23)13-11-16)25-20(26-27)22(28)24-18-7-3-2-4-8-18/h5-6,9-14,18H,2-4,7-8H2,1H3,(H,24,28). The number of nitrogens with one attached hydrogen (secondary N) is 1. The van der Waals surface area contributed by atoms with Crippen LogP contribution in [0.15, 0.2) is 48.5 Å². The molecule has 144 valence electrons. The van der Waals surface area contributed by atoms with E-state index in [1.54, 1.807) is 4.68 Å². The van der Waals surface area contributed by atoms with Gasteiger partial charge in [0.25, 0.3) is 5.91 Å². The third-order valence-corrected chi connectivity index (χ3v) is 5.35. The molecule has 2 aromatic carbocycles. The van der Waals surface area contributed by atoms with Gasteiger partial charge in [0.2, 0.25) is 5.82 Å². The fourth-order valence-corrected chi connectivity index (χ4v) is 3.76. The Bertz CT molecular complexity index is 974. The van der Waals surface area contributed by atoms with Gasteiger partial charge in [-0.15, -0.1) is 5.10 Å². The summed E-state index contributed by atoms with van der Waals surface area (Å²) in [6.45, 7) is 2.03. The minimum Gasteiger partial charge on any atom is -0.347 e. The number of benzene rings is 2. The minimum absolute atomic E-state index is 0.192. The minimum atomic E-state index is -0.214. The molecule has 0 atom stereocenters. The number of hydrogen-bond donors (Lipinski definition) is 1. The molecule has 1 saturated carbocycles. The van der Waals surface area contributed by atoms with E-state index >= 15 is 0 Å². The van der Waals surface area contributed by atoms with E-state index in [0.29, 0.717) is 10.8 Å². The second-order valence-corrected chi connectivity index (χ2v) is 7.76. The molecule has 1 aliphatic carbocycles. The van der Waals surface area contributed by atoms with Gasteiger partial charge in [0.1, 0.15) is 0 Å². The van der Waals surface area contributed by atoms with Crippen molar-refractivity contribution in [1.29, 1.82) is 0 Å². The van der Waals surface area contributed by atoms with Gasteiger partial charge in [-0.2, -0.15) is 0 Å². The molecular weight excluding hydrogens is 372 g/mol. The molecule has 1 heterocycles. The Balaban J connectivity index is 1.71. The summed E-state index contributed by atoms with van der Waals surface area (Å²) >= 11 is 6.03. The fraction of sp³-hybridized carbons (Fsp3) is 0.318. The molecule has 0 saturated heterocycles. The summed E-state index contributed by atoms with van der Waals surface area (Å²) in [5.74, 6) is 0.599. The molecule has 4 rings (SSSR count). The fourth-order valence-electron chi connectivity index (χ4n) is 3.63. The van der Waals surface area contributed by atoms with Gasteiger partial charge in [0, 0.05) is 16.6 Å². The van der Waals surface area contributed by atoms with Gasteiger partial charge in [0.15, 0.2) is 5.82 Å². The molecule has 1 amide bonds. The van der Waals surface area contributed by atoms with Crippen molar-refractivity contribution in [2.75, 3.05) is 0 Å². The number of halogens is 1. The number of aromatic nitrogens is 3. The normalized spacial score (nSPS) is 14.8. The lowest BCUT2D eigenvalue weighted by atomic mass is 9.95. The lowest BCUT2D eigenvalue weighted by Crippen LogP contribution is -2.36. The highest BCUT2D eigenvalue weighted by Gasteiger charge is 2.22. The van der Waals surface area contributed by atoms with Crippen LogP contribution in [0, 0.1) is 6.92 Å². The van der Waals surface area contributed by atoms with Crippen molar-refractivity contribution in [3.63, 3.8) is 0 Å². The summed E-state index contributed by atoms with van der Waals surface area (Å²) in [6, 6.07) is 15.6. The Morgan fingerprint density at radius 1 is 1.11 bits per heavy atom. The summed E-state index contributed by atoms with van der Waals surface area (Å²) in [4.78, 5) is 17.4. The zero-order valence-electron chi connectivity index (χ0n) is 15.9. The zero-order valence-corrected chi connectivity index (χ0v) is 16.6. The van der Waals surface area contributed by atoms with Gasteiger partial charge in [0.05, 0.1) is 5.69 Å². The Morgan fingerprint density at radius 2 is 1.86 bits per heavy atom.